The summed E-state index contributed by atoms with van der Waals surface area (Å²) in [6.45, 7) is 6.57. The average molecular weight is 316 g/mol. The van der Waals surface area contributed by atoms with Crippen LogP contribution >= 0.6 is 0 Å². The Kier molecular flexibility index (Phi) is 2.96. The molecule has 1 unspecified atom stereocenters. The molecule has 3 atom stereocenters. The molecule has 0 heterocycles. The van der Waals surface area contributed by atoms with Gasteiger partial charge in [-0.25, -0.2) is 0 Å². The van der Waals surface area contributed by atoms with Gasteiger partial charge in [0.15, 0.2) is 10.8 Å². The first-order valence-electron chi connectivity index (χ1n) is 7.58. The van der Waals surface area contributed by atoms with Gasteiger partial charge in [-0.2, -0.15) is 21.0 Å². The zero-order valence-electron chi connectivity index (χ0n) is 13.3. The number of nitriles is 4. The van der Waals surface area contributed by atoms with Gasteiger partial charge in [0.1, 0.15) is 0 Å². The fraction of sp³-hybridized carbons (Fsp3) is 0.444. The maximum atomic E-state index is 9.89. The third-order valence-corrected chi connectivity index (χ3v) is 8.31. The van der Waals surface area contributed by atoms with E-state index in [2.05, 4.69) is 43.9 Å². The van der Waals surface area contributed by atoms with Crippen LogP contribution in [0.2, 0.25) is 25.2 Å². The highest BCUT2D eigenvalue weighted by Gasteiger charge is 2.77. The molecule has 112 valence electrons. The van der Waals surface area contributed by atoms with Crippen LogP contribution in [0, 0.1) is 56.2 Å². The predicted octanol–water partition coefficient (Wildman–Crippen LogP) is 3.66. The van der Waals surface area contributed by atoms with E-state index < -0.39 is 18.9 Å². The van der Waals surface area contributed by atoms with Gasteiger partial charge in [-0.15, -0.1) is 0 Å². The van der Waals surface area contributed by atoms with Crippen molar-refractivity contribution in [2.75, 3.05) is 0 Å². The van der Waals surface area contributed by atoms with Crippen LogP contribution in [-0.4, -0.2) is 8.07 Å². The minimum atomic E-state index is -1.83. The molecule has 0 radical (unpaired) electrons. The van der Waals surface area contributed by atoms with E-state index in [4.69, 9.17) is 0 Å². The molecular formula is C18H16N4Si. The maximum absolute atomic E-state index is 9.89. The molecule has 0 saturated heterocycles. The summed E-state index contributed by atoms with van der Waals surface area (Å²) in [6, 6.07) is 16.2. The molecule has 1 saturated carbocycles. The highest BCUT2D eigenvalue weighted by atomic mass is 28.3. The molecule has 2 aliphatic carbocycles. The Morgan fingerprint density at radius 3 is 1.39 bits per heavy atom. The van der Waals surface area contributed by atoms with Gasteiger partial charge in [0.25, 0.3) is 0 Å². The summed E-state index contributed by atoms with van der Waals surface area (Å²) in [7, 11) is -1.83. The second-order valence-corrected chi connectivity index (χ2v) is 12.9. The van der Waals surface area contributed by atoms with Crippen LogP contribution < -0.4 is 0 Å². The van der Waals surface area contributed by atoms with E-state index in [0.717, 1.165) is 11.1 Å². The van der Waals surface area contributed by atoms with Crippen molar-refractivity contribution in [3.05, 3.63) is 35.4 Å². The molecule has 0 spiro atoms. The monoisotopic (exact) mass is 316 g/mol. The lowest BCUT2D eigenvalue weighted by Gasteiger charge is -2.36. The Hall–Kier alpha value is -2.60. The van der Waals surface area contributed by atoms with Gasteiger partial charge in [0.2, 0.25) is 0 Å². The van der Waals surface area contributed by atoms with Crippen LogP contribution in [0.25, 0.3) is 0 Å². The van der Waals surface area contributed by atoms with Gasteiger partial charge in [-0.1, -0.05) is 43.9 Å². The quantitative estimate of drug-likeness (QED) is 0.739. The van der Waals surface area contributed by atoms with Crippen molar-refractivity contribution in [3.63, 3.8) is 0 Å². The SMILES string of the molecule is C[Si](C)(C)C1[C@H]2c3ccccc3[C@@H]1C(C#N)(C#N)C2(C#N)C#N. The van der Waals surface area contributed by atoms with Crippen molar-refractivity contribution < 1.29 is 0 Å². The highest BCUT2D eigenvalue weighted by Crippen LogP contribution is 2.77. The summed E-state index contributed by atoms with van der Waals surface area (Å²) in [6.07, 6.45) is 0. The average Bonchev–Trinajstić information content (AvgIpc) is 3.02. The van der Waals surface area contributed by atoms with E-state index in [0.29, 0.717) is 0 Å². The summed E-state index contributed by atoms with van der Waals surface area (Å²) in [5.41, 5.74) is -1.19. The van der Waals surface area contributed by atoms with E-state index in [9.17, 15) is 21.0 Å². The molecule has 23 heavy (non-hydrogen) atoms. The summed E-state index contributed by atoms with van der Waals surface area (Å²) < 4.78 is 0. The molecule has 0 aromatic heterocycles. The molecule has 2 bridgehead atoms. The van der Waals surface area contributed by atoms with Gasteiger partial charge in [0, 0.05) is 19.9 Å². The summed E-state index contributed by atoms with van der Waals surface area (Å²) in [5.74, 6) is -0.714. The zero-order valence-corrected chi connectivity index (χ0v) is 14.3. The maximum Gasteiger partial charge on any atom is 0.182 e. The molecule has 2 aliphatic rings. The van der Waals surface area contributed by atoms with Crippen molar-refractivity contribution >= 4 is 8.07 Å². The first-order chi connectivity index (χ1) is 10.8. The molecule has 0 aliphatic heterocycles. The largest absolute Gasteiger partial charge is 0.196 e. The van der Waals surface area contributed by atoms with E-state index in [1.165, 1.54) is 0 Å². The lowest BCUT2D eigenvalue weighted by molar-refractivity contribution is 0.293. The lowest BCUT2D eigenvalue weighted by atomic mass is 9.57. The van der Waals surface area contributed by atoms with E-state index in [-0.39, 0.29) is 17.4 Å². The molecule has 0 amide bonds. The van der Waals surface area contributed by atoms with E-state index in [1.807, 2.05) is 24.3 Å². The van der Waals surface area contributed by atoms with Crippen LogP contribution in [0.4, 0.5) is 0 Å². The fourth-order valence-electron chi connectivity index (χ4n) is 4.83. The normalized spacial score (nSPS) is 28.7. The van der Waals surface area contributed by atoms with E-state index >= 15 is 0 Å². The Balaban J connectivity index is 2.46. The van der Waals surface area contributed by atoms with Crippen LogP contribution in [0.1, 0.15) is 23.0 Å². The van der Waals surface area contributed by atoms with Gasteiger partial charge in [-0.05, 0) is 16.7 Å². The zero-order chi connectivity index (χ0) is 17.0. The third kappa shape index (κ3) is 1.46. The van der Waals surface area contributed by atoms with Crippen LogP contribution in [-0.2, 0) is 0 Å². The number of nitrogens with zero attached hydrogens (tertiary/aromatic N) is 4. The minimum absolute atomic E-state index is 0.0403. The van der Waals surface area contributed by atoms with Crippen LogP contribution in [0.15, 0.2) is 24.3 Å². The fourth-order valence-corrected chi connectivity index (χ4v) is 7.69. The second kappa shape index (κ2) is 4.45. The summed E-state index contributed by atoms with van der Waals surface area (Å²) in [5, 5.41) is 39.5. The van der Waals surface area contributed by atoms with Gasteiger partial charge in [-0.3, -0.25) is 0 Å². The first kappa shape index (κ1) is 15.3. The molecule has 1 aromatic carbocycles. The second-order valence-electron chi connectivity index (χ2n) is 7.54. The number of fused-ring (bicyclic) bond motifs is 5. The molecule has 1 fully saturated rings. The van der Waals surface area contributed by atoms with Crippen LogP contribution in [0.3, 0.4) is 0 Å². The third-order valence-electron chi connectivity index (χ3n) is 5.64. The molecular weight excluding hydrogens is 300 g/mol. The van der Waals surface area contributed by atoms with Crippen molar-refractivity contribution in [3.8, 4) is 24.3 Å². The number of rotatable bonds is 1. The Morgan fingerprint density at radius 2 is 1.13 bits per heavy atom. The van der Waals surface area contributed by atoms with Gasteiger partial charge < -0.3 is 0 Å². The topological polar surface area (TPSA) is 95.2 Å². The first-order valence-corrected chi connectivity index (χ1v) is 11.2. The summed E-state index contributed by atoms with van der Waals surface area (Å²) >= 11 is 0. The number of hydrogen-bond donors (Lipinski definition) is 0. The molecule has 0 N–H and O–H groups in total. The van der Waals surface area contributed by atoms with Crippen molar-refractivity contribution in [2.24, 2.45) is 10.8 Å². The standard InChI is InChI=1S/C18H16N4Si/c1-23(2,3)16-14-12-6-4-5-7-13(12)15(16)18(10-21,11-22)17(14,8-19)9-20/h4-7,14-16H,1-3H3/t14-,15+,16?. The van der Waals surface area contributed by atoms with Gasteiger partial charge in [0.05, 0.1) is 24.3 Å². The van der Waals surface area contributed by atoms with Crippen molar-refractivity contribution in [2.45, 2.75) is 37.0 Å². The molecule has 4 nitrogen and oxygen atoms in total. The Bertz CT molecular complexity index is 760. The minimum Gasteiger partial charge on any atom is -0.196 e. The smallest absolute Gasteiger partial charge is 0.182 e. The van der Waals surface area contributed by atoms with Crippen molar-refractivity contribution in [1.82, 2.24) is 0 Å². The lowest BCUT2D eigenvalue weighted by Crippen LogP contribution is -2.42. The molecule has 3 rings (SSSR count). The number of hydrogen-bond acceptors (Lipinski definition) is 4. The summed E-state index contributed by atoms with van der Waals surface area (Å²) in [4.78, 5) is 0. The van der Waals surface area contributed by atoms with Crippen LogP contribution in [0.5, 0.6) is 0 Å². The highest BCUT2D eigenvalue weighted by molar-refractivity contribution is 6.78. The Labute approximate surface area is 137 Å². The molecule has 1 aromatic rings. The van der Waals surface area contributed by atoms with Gasteiger partial charge >= 0.3 is 0 Å². The number of benzene rings is 1. The predicted molar refractivity (Wildman–Crippen MR) is 86.3 cm³/mol. The molecule has 5 heteroatoms. The van der Waals surface area contributed by atoms with E-state index in [1.54, 1.807) is 0 Å². The van der Waals surface area contributed by atoms with Crippen molar-refractivity contribution in [1.29, 1.82) is 21.0 Å². The Morgan fingerprint density at radius 1 is 0.783 bits per heavy atom.